The standard InChI is InChI=1S/C28H34N4O4/c33-27-11-7-21-5-9-23(19-25(21)31-27)35-17-3-1-13-29-15-16-30-14-2-4-18-36-24-10-6-22-8-12-28(34)32-26(22)20-24/h5-12,19-20,29-30H,1-4,13-18H2,(H,31,33)(H,32,34). The van der Waals surface area contributed by atoms with E-state index in [-0.39, 0.29) is 11.1 Å². The van der Waals surface area contributed by atoms with Gasteiger partial charge in [-0.1, -0.05) is 0 Å². The number of pyridine rings is 2. The largest absolute Gasteiger partial charge is 0.494 e. The second-order valence-corrected chi connectivity index (χ2v) is 8.75. The van der Waals surface area contributed by atoms with Gasteiger partial charge in [0.2, 0.25) is 11.1 Å². The molecule has 36 heavy (non-hydrogen) atoms. The monoisotopic (exact) mass is 490 g/mol. The summed E-state index contributed by atoms with van der Waals surface area (Å²) in [5.74, 6) is 1.56. The highest BCUT2D eigenvalue weighted by Crippen LogP contribution is 2.19. The first-order chi connectivity index (χ1) is 17.7. The third kappa shape index (κ3) is 7.96. The second-order valence-electron chi connectivity index (χ2n) is 8.75. The smallest absolute Gasteiger partial charge is 0.248 e. The van der Waals surface area contributed by atoms with Gasteiger partial charge in [-0.3, -0.25) is 9.59 Å². The van der Waals surface area contributed by atoms with Crippen LogP contribution in [0.2, 0.25) is 0 Å². The molecular weight excluding hydrogens is 456 g/mol. The third-order valence-electron chi connectivity index (χ3n) is 5.91. The molecule has 0 radical (unpaired) electrons. The van der Waals surface area contributed by atoms with Crippen LogP contribution in [0.4, 0.5) is 0 Å². The minimum absolute atomic E-state index is 0.105. The molecule has 2 aromatic heterocycles. The molecule has 0 unspecified atom stereocenters. The van der Waals surface area contributed by atoms with Gasteiger partial charge in [-0.15, -0.1) is 0 Å². The molecule has 0 aliphatic heterocycles. The van der Waals surface area contributed by atoms with Gasteiger partial charge in [0.25, 0.3) is 0 Å². The maximum absolute atomic E-state index is 11.4. The van der Waals surface area contributed by atoms with Crippen LogP contribution < -0.4 is 31.2 Å². The van der Waals surface area contributed by atoms with Gasteiger partial charge in [0.1, 0.15) is 11.5 Å². The summed E-state index contributed by atoms with van der Waals surface area (Å²) in [6.45, 7) is 5.10. The Morgan fingerprint density at radius 2 is 1.00 bits per heavy atom. The lowest BCUT2D eigenvalue weighted by Crippen LogP contribution is -2.28. The van der Waals surface area contributed by atoms with Crippen LogP contribution in [0.1, 0.15) is 25.7 Å². The molecule has 2 aromatic carbocycles. The van der Waals surface area contributed by atoms with Crippen molar-refractivity contribution in [3.8, 4) is 11.5 Å². The topological polar surface area (TPSA) is 108 Å². The van der Waals surface area contributed by atoms with Crippen LogP contribution >= 0.6 is 0 Å². The Morgan fingerprint density at radius 3 is 1.47 bits per heavy atom. The Morgan fingerprint density at radius 1 is 0.556 bits per heavy atom. The van der Waals surface area contributed by atoms with E-state index in [1.54, 1.807) is 0 Å². The van der Waals surface area contributed by atoms with E-state index in [0.29, 0.717) is 13.2 Å². The summed E-state index contributed by atoms with van der Waals surface area (Å²) in [5.41, 5.74) is 1.38. The van der Waals surface area contributed by atoms with Crippen molar-refractivity contribution in [2.24, 2.45) is 0 Å². The van der Waals surface area contributed by atoms with Crippen molar-refractivity contribution >= 4 is 21.8 Å². The molecule has 4 rings (SSSR count). The number of ether oxygens (including phenoxy) is 2. The fraction of sp³-hybridized carbons (Fsp3) is 0.357. The first-order valence-electron chi connectivity index (χ1n) is 12.6. The van der Waals surface area contributed by atoms with E-state index in [2.05, 4.69) is 20.6 Å². The van der Waals surface area contributed by atoms with Crippen molar-refractivity contribution in [3.05, 3.63) is 81.4 Å². The molecule has 0 fully saturated rings. The quantitative estimate of drug-likeness (QED) is 0.190. The number of aromatic nitrogens is 2. The van der Waals surface area contributed by atoms with E-state index >= 15 is 0 Å². The number of unbranched alkanes of at least 4 members (excludes halogenated alkanes) is 2. The summed E-state index contributed by atoms with van der Waals surface area (Å²) < 4.78 is 11.6. The number of benzene rings is 2. The number of rotatable bonds is 15. The van der Waals surface area contributed by atoms with Gasteiger partial charge < -0.3 is 30.1 Å². The summed E-state index contributed by atoms with van der Waals surface area (Å²) in [6, 6.07) is 18.2. The van der Waals surface area contributed by atoms with Crippen molar-refractivity contribution in [1.82, 2.24) is 20.6 Å². The highest BCUT2D eigenvalue weighted by molar-refractivity contribution is 5.80. The molecule has 2 heterocycles. The minimum Gasteiger partial charge on any atom is -0.494 e. The molecule has 0 saturated carbocycles. The molecule has 4 aromatic rings. The van der Waals surface area contributed by atoms with Crippen LogP contribution in [0, 0.1) is 0 Å². The maximum Gasteiger partial charge on any atom is 0.248 e. The minimum atomic E-state index is -0.105. The van der Waals surface area contributed by atoms with Crippen LogP contribution in [0.25, 0.3) is 21.8 Å². The Kier molecular flexibility index (Phi) is 9.53. The summed E-state index contributed by atoms with van der Waals surface area (Å²) in [4.78, 5) is 28.5. The van der Waals surface area contributed by atoms with Crippen molar-refractivity contribution < 1.29 is 9.47 Å². The number of hydrogen-bond donors (Lipinski definition) is 4. The van der Waals surface area contributed by atoms with E-state index in [9.17, 15) is 9.59 Å². The lowest BCUT2D eigenvalue weighted by molar-refractivity contribution is 0.305. The molecule has 4 N–H and O–H groups in total. The molecule has 0 aliphatic rings. The summed E-state index contributed by atoms with van der Waals surface area (Å²) in [6.07, 6.45) is 4.03. The van der Waals surface area contributed by atoms with Crippen molar-refractivity contribution in [2.75, 3.05) is 39.4 Å². The van der Waals surface area contributed by atoms with Gasteiger partial charge in [-0.2, -0.15) is 0 Å². The number of aromatic amines is 2. The zero-order chi connectivity index (χ0) is 25.0. The number of nitrogens with one attached hydrogen (secondary N) is 4. The number of H-pyrrole nitrogens is 2. The van der Waals surface area contributed by atoms with Gasteiger partial charge in [-0.05, 0) is 85.9 Å². The molecule has 8 nitrogen and oxygen atoms in total. The van der Waals surface area contributed by atoms with Crippen molar-refractivity contribution in [2.45, 2.75) is 25.7 Å². The van der Waals surface area contributed by atoms with E-state index in [0.717, 1.165) is 85.2 Å². The Bertz CT molecular complexity index is 1260. The van der Waals surface area contributed by atoms with Gasteiger partial charge in [-0.25, -0.2) is 0 Å². The number of hydrogen-bond acceptors (Lipinski definition) is 6. The zero-order valence-electron chi connectivity index (χ0n) is 20.5. The molecular formula is C28H34N4O4. The normalized spacial score (nSPS) is 11.2. The molecule has 0 saturated heterocycles. The van der Waals surface area contributed by atoms with Gasteiger partial charge in [0, 0.05) is 37.4 Å². The number of fused-ring (bicyclic) bond motifs is 2. The van der Waals surface area contributed by atoms with E-state index in [4.69, 9.17) is 9.47 Å². The predicted molar refractivity (Wildman–Crippen MR) is 144 cm³/mol. The maximum atomic E-state index is 11.4. The van der Waals surface area contributed by atoms with Gasteiger partial charge in [0.05, 0.1) is 24.2 Å². The molecule has 8 heteroatoms. The Hall–Kier alpha value is -3.62. The average molecular weight is 491 g/mol. The predicted octanol–water partition coefficient (Wildman–Crippen LogP) is 3.57. The highest BCUT2D eigenvalue weighted by atomic mass is 16.5. The molecule has 0 bridgehead atoms. The third-order valence-corrected chi connectivity index (χ3v) is 5.91. The Labute approximate surface area is 210 Å². The lowest BCUT2D eigenvalue weighted by Gasteiger charge is -2.09. The molecule has 0 atom stereocenters. The van der Waals surface area contributed by atoms with Crippen molar-refractivity contribution in [1.29, 1.82) is 0 Å². The van der Waals surface area contributed by atoms with E-state index in [1.807, 2.05) is 48.5 Å². The Balaban J connectivity index is 0.967. The first kappa shape index (κ1) is 25.5. The van der Waals surface area contributed by atoms with Crippen LogP contribution in [0.5, 0.6) is 11.5 Å². The first-order valence-corrected chi connectivity index (χ1v) is 12.6. The second kappa shape index (κ2) is 13.5. The molecule has 190 valence electrons. The van der Waals surface area contributed by atoms with Crippen LogP contribution in [0.3, 0.4) is 0 Å². The summed E-state index contributed by atoms with van der Waals surface area (Å²) in [7, 11) is 0. The zero-order valence-corrected chi connectivity index (χ0v) is 20.5. The van der Waals surface area contributed by atoms with Crippen molar-refractivity contribution in [3.63, 3.8) is 0 Å². The van der Waals surface area contributed by atoms with E-state index in [1.165, 1.54) is 12.1 Å². The SMILES string of the molecule is O=c1ccc2ccc(OCCCCNCCNCCCCOc3ccc4ccc(=O)[nH]c4c3)cc2[nH]1. The summed E-state index contributed by atoms with van der Waals surface area (Å²) in [5, 5.41) is 8.89. The lowest BCUT2D eigenvalue weighted by atomic mass is 10.2. The van der Waals surface area contributed by atoms with E-state index < -0.39 is 0 Å². The molecule has 0 spiro atoms. The van der Waals surface area contributed by atoms with Gasteiger partial charge >= 0.3 is 0 Å². The fourth-order valence-electron chi connectivity index (χ4n) is 3.95. The molecule has 0 aliphatic carbocycles. The average Bonchev–Trinajstić information content (AvgIpc) is 2.88. The molecule has 0 amide bonds. The van der Waals surface area contributed by atoms with Crippen LogP contribution in [-0.4, -0.2) is 49.4 Å². The summed E-state index contributed by atoms with van der Waals surface area (Å²) >= 11 is 0. The van der Waals surface area contributed by atoms with Crippen LogP contribution in [0.15, 0.2) is 70.3 Å². The van der Waals surface area contributed by atoms with Gasteiger partial charge in [0.15, 0.2) is 0 Å². The fourth-order valence-corrected chi connectivity index (χ4v) is 3.95. The highest BCUT2D eigenvalue weighted by Gasteiger charge is 2.00. The van der Waals surface area contributed by atoms with Crippen LogP contribution in [-0.2, 0) is 0 Å².